The molecule has 0 radical (unpaired) electrons. The van der Waals surface area contributed by atoms with Gasteiger partial charge in [-0.05, 0) is 31.0 Å². The van der Waals surface area contributed by atoms with Crippen LogP contribution in [0, 0.1) is 0 Å². The number of ether oxygens (including phenoxy) is 1. The molecule has 2 rings (SSSR count). The Kier molecular flexibility index (Phi) is 5.01. The van der Waals surface area contributed by atoms with Gasteiger partial charge in [-0.2, -0.15) is 0 Å². The second kappa shape index (κ2) is 6.53. The summed E-state index contributed by atoms with van der Waals surface area (Å²) in [6.07, 6.45) is 0.552. The number of β-amino-alcohol motifs (C(OH)–C–C–N with tert-alkyl or cyclic N) is 1. The second-order valence-electron chi connectivity index (χ2n) is 4.81. The van der Waals surface area contributed by atoms with E-state index in [1.165, 1.54) is 0 Å². The number of hydrogen-bond acceptors (Lipinski definition) is 3. The van der Waals surface area contributed by atoms with Gasteiger partial charge < -0.3 is 9.84 Å². The minimum atomic E-state index is -0.470. The first-order valence-electron chi connectivity index (χ1n) is 6.42. The average molecular weight is 270 g/mol. The molecule has 0 spiro atoms. The molecule has 1 heterocycles. The van der Waals surface area contributed by atoms with Crippen LogP contribution in [0.1, 0.15) is 25.0 Å². The number of halogens is 1. The van der Waals surface area contributed by atoms with Gasteiger partial charge in [-0.15, -0.1) is 0 Å². The second-order valence-corrected chi connectivity index (χ2v) is 5.25. The predicted octanol–water partition coefficient (Wildman–Crippen LogP) is 2.48. The monoisotopic (exact) mass is 269 g/mol. The van der Waals surface area contributed by atoms with Gasteiger partial charge in [0.25, 0.3) is 0 Å². The maximum absolute atomic E-state index is 10.2. The summed E-state index contributed by atoms with van der Waals surface area (Å²) in [5.74, 6) is 0. The van der Waals surface area contributed by atoms with Crippen LogP contribution in [-0.4, -0.2) is 42.4 Å². The third-order valence-corrected chi connectivity index (χ3v) is 3.74. The van der Waals surface area contributed by atoms with Crippen LogP contribution in [0.25, 0.3) is 0 Å². The third-order valence-electron chi connectivity index (χ3n) is 3.49. The molecule has 1 aliphatic rings. The summed E-state index contributed by atoms with van der Waals surface area (Å²) in [7, 11) is 0. The minimum Gasteiger partial charge on any atom is -0.387 e. The van der Waals surface area contributed by atoms with E-state index >= 15 is 0 Å². The van der Waals surface area contributed by atoms with Crippen LogP contribution in [-0.2, 0) is 4.74 Å². The Bertz CT molecular complexity index is 369. The van der Waals surface area contributed by atoms with Crippen LogP contribution in [0.5, 0.6) is 0 Å². The van der Waals surface area contributed by atoms with E-state index in [1.54, 1.807) is 0 Å². The van der Waals surface area contributed by atoms with Crippen LogP contribution in [0.15, 0.2) is 24.3 Å². The summed E-state index contributed by atoms with van der Waals surface area (Å²) >= 11 is 5.84. The standard InChI is InChI=1S/C14H20ClNO2/c1-11-6-8-18-9-7-16(11)10-14(17)12-2-4-13(15)5-3-12/h2-5,11,14,17H,6-10H2,1H3. The van der Waals surface area contributed by atoms with E-state index < -0.39 is 6.10 Å². The van der Waals surface area contributed by atoms with Crippen LogP contribution < -0.4 is 0 Å². The topological polar surface area (TPSA) is 32.7 Å². The predicted molar refractivity (Wildman–Crippen MR) is 72.9 cm³/mol. The smallest absolute Gasteiger partial charge is 0.0917 e. The van der Waals surface area contributed by atoms with E-state index in [9.17, 15) is 5.11 Å². The first-order chi connectivity index (χ1) is 8.66. The Morgan fingerprint density at radius 2 is 2.11 bits per heavy atom. The molecule has 18 heavy (non-hydrogen) atoms. The summed E-state index contributed by atoms with van der Waals surface area (Å²) in [5, 5.41) is 10.9. The van der Waals surface area contributed by atoms with Gasteiger partial charge in [0.15, 0.2) is 0 Å². The molecular formula is C14H20ClNO2. The number of hydrogen-bond donors (Lipinski definition) is 1. The van der Waals surface area contributed by atoms with Gasteiger partial charge in [-0.25, -0.2) is 0 Å². The maximum Gasteiger partial charge on any atom is 0.0917 e. The van der Waals surface area contributed by atoms with Gasteiger partial charge in [-0.3, -0.25) is 4.90 Å². The van der Waals surface area contributed by atoms with Gasteiger partial charge in [0.05, 0.1) is 12.7 Å². The molecule has 0 bridgehead atoms. The SMILES string of the molecule is CC1CCOCCN1CC(O)c1ccc(Cl)cc1. The Hall–Kier alpha value is -0.610. The molecule has 1 aromatic carbocycles. The molecule has 1 aromatic rings. The molecular weight excluding hydrogens is 250 g/mol. The van der Waals surface area contributed by atoms with E-state index in [1.807, 2.05) is 24.3 Å². The quantitative estimate of drug-likeness (QED) is 0.915. The lowest BCUT2D eigenvalue weighted by molar-refractivity contribution is 0.0884. The lowest BCUT2D eigenvalue weighted by Gasteiger charge is -2.28. The fourth-order valence-corrected chi connectivity index (χ4v) is 2.35. The molecule has 1 saturated heterocycles. The highest BCUT2D eigenvalue weighted by molar-refractivity contribution is 6.30. The largest absolute Gasteiger partial charge is 0.387 e. The first-order valence-corrected chi connectivity index (χ1v) is 6.80. The van der Waals surface area contributed by atoms with E-state index in [0.29, 0.717) is 17.6 Å². The Labute approximate surface area is 113 Å². The van der Waals surface area contributed by atoms with E-state index in [2.05, 4.69) is 11.8 Å². The van der Waals surface area contributed by atoms with E-state index in [0.717, 1.165) is 31.7 Å². The lowest BCUT2D eigenvalue weighted by Crippen LogP contribution is -2.37. The highest BCUT2D eigenvalue weighted by Gasteiger charge is 2.20. The molecule has 0 saturated carbocycles. The zero-order valence-electron chi connectivity index (χ0n) is 10.7. The Morgan fingerprint density at radius 1 is 1.39 bits per heavy atom. The van der Waals surface area contributed by atoms with Crippen molar-refractivity contribution in [2.75, 3.05) is 26.3 Å². The van der Waals surface area contributed by atoms with Crippen LogP contribution in [0.4, 0.5) is 0 Å². The Balaban J connectivity index is 1.97. The zero-order chi connectivity index (χ0) is 13.0. The molecule has 0 aromatic heterocycles. The molecule has 100 valence electrons. The van der Waals surface area contributed by atoms with Crippen molar-refractivity contribution in [3.63, 3.8) is 0 Å². The van der Waals surface area contributed by atoms with Gasteiger partial charge >= 0.3 is 0 Å². The maximum atomic E-state index is 10.2. The number of nitrogens with zero attached hydrogens (tertiary/aromatic N) is 1. The van der Waals surface area contributed by atoms with E-state index in [-0.39, 0.29) is 0 Å². The van der Waals surface area contributed by atoms with Gasteiger partial charge in [0, 0.05) is 30.8 Å². The zero-order valence-corrected chi connectivity index (χ0v) is 11.4. The summed E-state index contributed by atoms with van der Waals surface area (Å²) < 4.78 is 5.46. The highest BCUT2D eigenvalue weighted by atomic mass is 35.5. The number of benzene rings is 1. The van der Waals surface area contributed by atoms with Crippen LogP contribution in [0.3, 0.4) is 0 Å². The molecule has 2 atom stereocenters. The fourth-order valence-electron chi connectivity index (χ4n) is 2.22. The normalized spacial score (nSPS) is 23.6. The van der Waals surface area contributed by atoms with Crippen molar-refractivity contribution in [3.05, 3.63) is 34.9 Å². The highest BCUT2D eigenvalue weighted by Crippen LogP contribution is 2.19. The molecule has 4 heteroatoms. The lowest BCUT2D eigenvalue weighted by atomic mass is 10.1. The molecule has 0 amide bonds. The summed E-state index contributed by atoms with van der Waals surface area (Å²) in [6.45, 7) is 5.27. The third kappa shape index (κ3) is 3.69. The van der Waals surface area contributed by atoms with Crippen molar-refractivity contribution >= 4 is 11.6 Å². The molecule has 1 N–H and O–H groups in total. The average Bonchev–Trinajstić information content (AvgIpc) is 2.56. The Morgan fingerprint density at radius 3 is 2.83 bits per heavy atom. The van der Waals surface area contributed by atoms with Crippen LogP contribution in [0.2, 0.25) is 5.02 Å². The molecule has 1 fully saturated rings. The number of aliphatic hydroxyl groups is 1. The van der Waals surface area contributed by atoms with Crippen LogP contribution >= 0.6 is 11.6 Å². The molecule has 2 unspecified atom stereocenters. The van der Waals surface area contributed by atoms with Crippen molar-refractivity contribution in [1.29, 1.82) is 0 Å². The summed E-state index contributed by atoms with van der Waals surface area (Å²) in [6, 6.07) is 7.84. The van der Waals surface area contributed by atoms with Crippen molar-refractivity contribution in [2.45, 2.75) is 25.5 Å². The number of rotatable bonds is 3. The van der Waals surface area contributed by atoms with Gasteiger partial charge in [0.1, 0.15) is 0 Å². The van der Waals surface area contributed by atoms with Crippen molar-refractivity contribution in [3.8, 4) is 0 Å². The van der Waals surface area contributed by atoms with Crippen molar-refractivity contribution < 1.29 is 9.84 Å². The molecule has 3 nitrogen and oxygen atoms in total. The van der Waals surface area contributed by atoms with Gasteiger partial charge in [-0.1, -0.05) is 23.7 Å². The molecule has 0 aliphatic carbocycles. The van der Waals surface area contributed by atoms with Crippen molar-refractivity contribution in [1.82, 2.24) is 4.90 Å². The summed E-state index contributed by atoms with van der Waals surface area (Å²) in [4.78, 5) is 2.28. The summed E-state index contributed by atoms with van der Waals surface area (Å²) in [5.41, 5.74) is 0.914. The van der Waals surface area contributed by atoms with E-state index in [4.69, 9.17) is 16.3 Å². The van der Waals surface area contributed by atoms with Crippen molar-refractivity contribution in [2.24, 2.45) is 0 Å². The minimum absolute atomic E-state index is 0.453. The first kappa shape index (κ1) is 13.8. The van der Waals surface area contributed by atoms with Gasteiger partial charge in [0.2, 0.25) is 0 Å². The molecule has 1 aliphatic heterocycles. The number of aliphatic hydroxyl groups excluding tert-OH is 1. The fraction of sp³-hybridized carbons (Fsp3) is 0.571.